The Morgan fingerprint density at radius 3 is 2.55 bits per heavy atom. The van der Waals surface area contributed by atoms with Crippen LogP contribution in [0.2, 0.25) is 0 Å². The molecule has 1 aliphatic carbocycles. The van der Waals surface area contributed by atoms with Crippen LogP contribution in [-0.2, 0) is 0 Å². The Hall–Kier alpha value is -0.300. The molecule has 1 aliphatic rings. The maximum atomic E-state index is 9.70. The van der Waals surface area contributed by atoms with Crippen LogP contribution in [0.5, 0.6) is 0 Å². The zero-order valence-electron chi connectivity index (χ0n) is 7.72. The van der Waals surface area contributed by atoms with Gasteiger partial charge in [0.05, 0.1) is 5.60 Å². The van der Waals surface area contributed by atoms with Gasteiger partial charge in [0.2, 0.25) is 0 Å². The molecule has 0 saturated carbocycles. The molecule has 11 heavy (non-hydrogen) atoms. The zero-order chi connectivity index (χ0) is 8.48. The minimum Gasteiger partial charge on any atom is -0.390 e. The molecule has 0 aromatic rings. The summed E-state index contributed by atoms with van der Waals surface area (Å²) >= 11 is 0. The molecule has 1 atom stereocenters. The molecule has 0 bridgehead atoms. The molecule has 0 aromatic carbocycles. The standard InChI is InChI=1S/C10H18O/c1-8-4-6-9(7-5-8)10(2,3)11/h4,9,11H,5-7H2,1-3H3/t9-/m0/s1. The third-order valence-corrected chi connectivity index (χ3v) is 2.64. The fourth-order valence-corrected chi connectivity index (χ4v) is 1.61. The van der Waals surface area contributed by atoms with Crippen molar-refractivity contribution in [2.75, 3.05) is 0 Å². The van der Waals surface area contributed by atoms with E-state index in [1.54, 1.807) is 0 Å². The molecule has 0 unspecified atom stereocenters. The SMILES string of the molecule is CC1=CC[C@H](C(C)(C)O)CC1. The lowest BCUT2D eigenvalue weighted by Gasteiger charge is -2.31. The lowest BCUT2D eigenvalue weighted by atomic mass is 9.80. The molecular weight excluding hydrogens is 136 g/mol. The van der Waals surface area contributed by atoms with E-state index in [1.807, 2.05) is 13.8 Å². The van der Waals surface area contributed by atoms with Crippen LogP contribution in [0.3, 0.4) is 0 Å². The van der Waals surface area contributed by atoms with Gasteiger partial charge in [-0.1, -0.05) is 11.6 Å². The van der Waals surface area contributed by atoms with Gasteiger partial charge in [-0.05, 0) is 46.0 Å². The van der Waals surface area contributed by atoms with Gasteiger partial charge in [-0.3, -0.25) is 0 Å². The van der Waals surface area contributed by atoms with Crippen LogP contribution in [0, 0.1) is 5.92 Å². The molecule has 1 N–H and O–H groups in total. The maximum absolute atomic E-state index is 9.70. The van der Waals surface area contributed by atoms with Crippen molar-refractivity contribution in [3.05, 3.63) is 11.6 Å². The summed E-state index contributed by atoms with van der Waals surface area (Å²) in [5.41, 5.74) is 0.988. The van der Waals surface area contributed by atoms with Crippen molar-refractivity contribution in [3.8, 4) is 0 Å². The minimum atomic E-state index is -0.489. The Morgan fingerprint density at radius 1 is 1.55 bits per heavy atom. The van der Waals surface area contributed by atoms with Crippen LogP contribution in [-0.4, -0.2) is 10.7 Å². The van der Waals surface area contributed by atoms with Crippen molar-refractivity contribution in [3.63, 3.8) is 0 Å². The summed E-state index contributed by atoms with van der Waals surface area (Å²) in [7, 11) is 0. The van der Waals surface area contributed by atoms with E-state index in [0.717, 1.165) is 19.3 Å². The molecule has 1 nitrogen and oxygen atoms in total. The van der Waals surface area contributed by atoms with Gasteiger partial charge >= 0.3 is 0 Å². The monoisotopic (exact) mass is 154 g/mol. The lowest BCUT2D eigenvalue weighted by Crippen LogP contribution is -2.31. The zero-order valence-corrected chi connectivity index (χ0v) is 7.72. The van der Waals surface area contributed by atoms with Gasteiger partial charge in [0.15, 0.2) is 0 Å². The van der Waals surface area contributed by atoms with Crippen molar-refractivity contribution < 1.29 is 5.11 Å². The number of allylic oxidation sites excluding steroid dienone is 2. The molecule has 0 saturated heterocycles. The molecule has 0 fully saturated rings. The van der Waals surface area contributed by atoms with Crippen LogP contribution < -0.4 is 0 Å². The number of aliphatic hydroxyl groups is 1. The summed E-state index contributed by atoms with van der Waals surface area (Å²) in [6.45, 7) is 5.99. The molecular formula is C10H18O. The van der Waals surface area contributed by atoms with Crippen molar-refractivity contribution >= 4 is 0 Å². The molecule has 0 heterocycles. The summed E-state index contributed by atoms with van der Waals surface area (Å²) in [6.07, 6.45) is 5.61. The quantitative estimate of drug-likeness (QED) is 0.575. The second-order valence-electron chi connectivity index (χ2n) is 4.18. The topological polar surface area (TPSA) is 20.2 Å². The molecule has 0 radical (unpaired) electrons. The van der Waals surface area contributed by atoms with Gasteiger partial charge in [-0.25, -0.2) is 0 Å². The highest BCUT2D eigenvalue weighted by Gasteiger charge is 2.27. The Morgan fingerprint density at radius 2 is 2.18 bits per heavy atom. The third-order valence-electron chi connectivity index (χ3n) is 2.64. The molecule has 1 rings (SSSR count). The van der Waals surface area contributed by atoms with Crippen LogP contribution in [0.25, 0.3) is 0 Å². The Balaban J connectivity index is 2.54. The third kappa shape index (κ3) is 2.33. The van der Waals surface area contributed by atoms with Crippen molar-refractivity contribution in [2.45, 2.75) is 45.6 Å². The molecule has 0 spiro atoms. The summed E-state index contributed by atoms with van der Waals surface area (Å²) < 4.78 is 0. The Bertz CT molecular complexity index is 162. The fraction of sp³-hybridized carbons (Fsp3) is 0.800. The van der Waals surface area contributed by atoms with Gasteiger partial charge in [-0.2, -0.15) is 0 Å². The second kappa shape index (κ2) is 2.98. The normalized spacial score (nSPS) is 26.5. The van der Waals surface area contributed by atoms with E-state index >= 15 is 0 Å². The van der Waals surface area contributed by atoms with Crippen molar-refractivity contribution in [1.29, 1.82) is 0 Å². The number of hydrogen-bond donors (Lipinski definition) is 1. The average Bonchev–Trinajstić information content (AvgIpc) is 1.86. The predicted octanol–water partition coefficient (Wildman–Crippen LogP) is 2.50. The summed E-state index contributed by atoms with van der Waals surface area (Å²) in [6, 6.07) is 0. The summed E-state index contributed by atoms with van der Waals surface area (Å²) in [5.74, 6) is 0.464. The predicted molar refractivity (Wildman–Crippen MR) is 47.4 cm³/mol. The van der Waals surface area contributed by atoms with Crippen LogP contribution in [0.4, 0.5) is 0 Å². The first-order valence-corrected chi connectivity index (χ1v) is 4.38. The fourth-order valence-electron chi connectivity index (χ4n) is 1.61. The first-order valence-electron chi connectivity index (χ1n) is 4.38. The summed E-state index contributed by atoms with van der Waals surface area (Å²) in [5, 5.41) is 9.70. The van der Waals surface area contributed by atoms with Crippen LogP contribution >= 0.6 is 0 Å². The van der Waals surface area contributed by atoms with E-state index in [-0.39, 0.29) is 0 Å². The number of hydrogen-bond acceptors (Lipinski definition) is 1. The van der Waals surface area contributed by atoms with Gasteiger partial charge in [0.1, 0.15) is 0 Å². The minimum absolute atomic E-state index is 0.464. The molecule has 0 amide bonds. The van der Waals surface area contributed by atoms with Gasteiger partial charge in [-0.15, -0.1) is 0 Å². The Labute approximate surface area is 69.1 Å². The van der Waals surface area contributed by atoms with Crippen LogP contribution in [0.1, 0.15) is 40.0 Å². The van der Waals surface area contributed by atoms with E-state index in [9.17, 15) is 5.11 Å². The smallest absolute Gasteiger partial charge is 0.0622 e. The lowest BCUT2D eigenvalue weighted by molar-refractivity contribution is 0.0126. The highest BCUT2D eigenvalue weighted by Crippen LogP contribution is 2.31. The van der Waals surface area contributed by atoms with Gasteiger partial charge in [0.25, 0.3) is 0 Å². The molecule has 64 valence electrons. The van der Waals surface area contributed by atoms with Gasteiger partial charge in [0, 0.05) is 0 Å². The van der Waals surface area contributed by atoms with E-state index in [1.165, 1.54) is 5.57 Å². The largest absolute Gasteiger partial charge is 0.390 e. The van der Waals surface area contributed by atoms with E-state index in [2.05, 4.69) is 13.0 Å². The van der Waals surface area contributed by atoms with Crippen molar-refractivity contribution in [1.82, 2.24) is 0 Å². The van der Waals surface area contributed by atoms with Crippen LogP contribution in [0.15, 0.2) is 11.6 Å². The average molecular weight is 154 g/mol. The first kappa shape index (κ1) is 8.79. The molecule has 0 aliphatic heterocycles. The van der Waals surface area contributed by atoms with E-state index < -0.39 is 5.60 Å². The molecule has 1 heteroatoms. The molecule has 0 aromatic heterocycles. The highest BCUT2D eigenvalue weighted by molar-refractivity contribution is 5.04. The van der Waals surface area contributed by atoms with E-state index in [4.69, 9.17) is 0 Å². The maximum Gasteiger partial charge on any atom is 0.0622 e. The van der Waals surface area contributed by atoms with Gasteiger partial charge < -0.3 is 5.11 Å². The summed E-state index contributed by atoms with van der Waals surface area (Å²) in [4.78, 5) is 0. The van der Waals surface area contributed by atoms with Crippen molar-refractivity contribution in [2.24, 2.45) is 5.92 Å². The van der Waals surface area contributed by atoms with E-state index in [0.29, 0.717) is 5.92 Å². The Kier molecular flexibility index (Phi) is 2.38. The number of rotatable bonds is 1. The first-order chi connectivity index (χ1) is 5.00. The highest BCUT2D eigenvalue weighted by atomic mass is 16.3. The second-order valence-corrected chi connectivity index (χ2v) is 4.18.